The lowest BCUT2D eigenvalue weighted by Gasteiger charge is -2.32. The normalized spacial score (nSPS) is 19.5. The van der Waals surface area contributed by atoms with Gasteiger partial charge in [-0.1, -0.05) is 18.2 Å². The number of carbonyl (C=O) groups is 1. The second-order valence-electron chi connectivity index (χ2n) is 4.62. The van der Waals surface area contributed by atoms with Crippen LogP contribution in [0.15, 0.2) is 24.3 Å². The molecule has 3 N–H and O–H groups in total. The minimum absolute atomic E-state index is 0.00852. The average molecular weight is 264 g/mol. The van der Waals surface area contributed by atoms with E-state index >= 15 is 0 Å². The molecule has 19 heavy (non-hydrogen) atoms. The summed E-state index contributed by atoms with van der Waals surface area (Å²) in [6.07, 6.45) is 0.412. The molecule has 0 saturated carbocycles. The first-order chi connectivity index (χ1) is 9.26. The molecule has 0 bridgehead atoms. The smallest absolute Gasteiger partial charge is 0.254 e. The standard InChI is InChI=1S/C14H20N2O3/c15-6-5-11-3-1-2-4-13(11)14(18)16-7-8-19-12(9-16)10-17/h1-4,12,17H,5-10,15H2. The van der Waals surface area contributed by atoms with Crippen LogP contribution in [0.3, 0.4) is 0 Å². The van der Waals surface area contributed by atoms with Gasteiger partial charge in [-0.3, -0.25) is 4.79 Å². The summed E-state index contributed by atoms with van der Waals surface area (Å²) in [7, 11) is 0. The summed E-state index contributed by atoms with van der Waals surface area (Å²) in [4.78, 5) is 14.2. The Hall–Kier alpha value is -1.43. The summed E-state index contributed by atoms with van der Waals surface area (Å²) in [5.74, 6) is -0.00852. The van der Waals surface area contributed by atoms with E-state index in [0.29, 0.717) is 38.2 Å². The molecule has 1 amide bonds. The molecule has 5 heteroatoms. The molecule has 1 fully saturated rings. The Morgan fingerprint density at radius 2 is 2.26 bits per heavy atom. The summed E-state index contributed by atoms with van der Waals surface area (Å²) >= 11 is 0. The van der Waals surface area contributed by atoms with Crippen LogP contribution >= 0.6 is 0 Å². The molecule has 1 atom stereocenters. The molecule has 0 aliphatic carbocycles. The van der Waals surface area contributed by atoms with Gasteiger partial charge in [0.1, 0.15) is 0 Å². The predicted molar refractivity (Wildman–Crippen MR) is 71.9 cm³/mol. The lowest BCUT2D eigenvalue weighted by Crippen LogP contribution is -2.47. The van der Waals surface area contributed by atoms with Crippen LogP contribution in [0.2, 0.25) is 0 Å². The van der Waals surface area contributed by atoms with Gasteiger partial charge in [0.15, 0.2) is 0 Å². The highest BCUT2D eigenvalue weighted by Crippen LogP contribution is 2.15. The zero-order valence-electron chi connectivity index (χ0n) is 10.9. The number of hydrogen-bond donors (Lipinski definition) is 2. The minimum atomic E-state index is -0.278. The maximum absolute atomic E-state index is 12.5. The summed E-state index contributed by atoms with van der Waals surface area (Å²) in [5.41, 5.74) is 7.25. The highest BCUT2D eigenvalue weighted by molar-refractivity contribution is 5.95. The lowest BCUT2D eigenvalue weighted by molar-refractivity contribution is -0.0447. The number of morpholine rings is 1. The quantitative estimate of drug-likeness (QED) is 0.804. The number of benzene rings is 1. The van der Waals surface area contributed by atoms with E-state index in [4.69, 9.17) is 15.6 Å². The first-order valence-corrected chi connectivity index (χ1v) is 6.56. The van der Waals surface area contributed by atoms with Gasteiger partial charge in [0.05, 0.1) is 19.3 Å². The zero-order valence-corrected chi connectivity index (χ0v) is 10.9. The number of ether oxygens (including phenoxy) is 1. The maximum Gasteiger partial charge on any atom is 0.254 e. The zero-order chi connectivity index (χ0) is 13.7. The van der Waals surface area contributed by atoms with E-state index in [1.54, 1.807) is 4.90 Å². The van der Waals surface area contributed by atoms with E-state index in [0.717, 1.165) is 5.56 Å². The third kappa shape index (κ3) is 3.32. The van der Waals surface area contributed by atoms with Gasteiger partial charge in [-0.05, 0) is 24.6 Å². The topological polar surface area (TPSA) is 75.8 Å². The van der Waals surface area contributed by atoms with Crippen LogP contribution in [0.1, 0.15) is 15.9 Å². The van der Waals surface area contributed by atoms with Crippen molar-refractivity contribution in [1.82, 2.24) is 4.90 Å². The van der Waals surface area contributed by atoms with Crippen molar-refractivity contribution in [2.24, 2.45) is 5.73 Å². The number of hydrogen-bond acceptors (Lipinski definition) is 4. The van der Waals surface area contributed by atoms with Gasteiger partial charge >= 0.3 is 0 Å². The van der Waals surface area contributed by atoms with Gasteiger partial charge in [0.25, 0.3) is 5.91 Å². The Labute approximate surface area is 113 Å². The molecule has 2 rings (SSSR count). The molecule has 0 aromatic heterocycles. The van der Waals surface area contributed by atoms with Crippen LogP contribution < -0.4 is 5.73 Å². The first-order valence-electron chi connectivity index (χ1n) is 6.56. The Morgan fingerprint density at radius 1 is 1.47 bits per heavy atom. The van der Waals surface area contributed by atoms with Gasteiger partial charge < -0.3 is 20.5 Å². The van der Waals surface area contributed by atoms with Crippen LogP contribution in [-0.4, -0.2) is 54.9 Å². The molecule has 5 nitrogen and oxygen atoms in total. The van der Waals surface area contributed by atoms with Crippen LogP contribution in [0.25, 0.3) is 0 Å². The Balaban J connectivity index is 2.14. The molecule has 1 heterocycles. The third-order valence-corrected chi connectivity index (χ3v) is 3.29. The van der Waals surface area contributed by atoms with Crippen molar-refractivity contribution in [3.05, 3.63) is 35.4 Å². The first kappa shape index (κ1) is 14.0. The Kier molecular flexibility index (Phi) is 4.90. The van der Waals surface area contributed by atoms with Gasteiger partial charge in [-0.25, -0.2) is 0 Å². The van der Waals surface area contributed by atoms with E-state index < -0.39 is 0 Å². The molecule has 0 radical (unpaired) electrons. The number of aliphatic hydroxyl groups excluding tert-OH is 1. The lowest BCUT2D eigenvalue weighted by atomic mass is 10.0. The minimum Gasteiger partial charge on any atom is -0.394 e. The number of carbonyl (C=O) groups excluding carboxylic acids is 1. The highest BCUT2D eigenvalue weighted by atomic mass is 16.5. The molecule has 1 aliphatic rings. The fourth-order valence-corrected chi connectivity index (χ4v) is 2.29. The molecule has 1 unspecified atom stereocenters. The molecule has 104 valence electrons. The summed E-state index contributed by atoms with van der Waals surface area (Å²) in [6, 6.07) is 7.54. The predicted octanol–water partition coefficient (Wildman–Crippen LogP) is 0.0211. The van der Waals surface area contributed by atoms with Crippen LogP contribution in [-0.2, 0) is 11.2 Å². The van der Waals surface area contributed by atoms with Crippen molar-refractivity contribution in [2.75, 3.05) is 32.8 Å². The second kappa shape index (κ2) is 6.65. The maximum atomic E-state index is 12.5. The fraction of sp³-hybridized carbons (Fsp3) is 0.500. The highest BCUT2D eigenvalue weighted by Gasteiger charge is 2.25. The largest absolute Gasteiger partial charge is 0.394 e. The van der Waals surface area contributed by atoms with Crippen molar-refractivity contribution in [1.29, 1.82) is 0 Å². The van der Waals surface area contributed by atoms with E-state index in [1.807, 2.05) is 24.3 Å². The van der Waals surface area contributed by atoms with Gasteiger partial charge in [-0.2, -0.15) is 0 Å². The van der Waals surface area contributed by atoms with Gasteiger partial charge in [0.2, 0.25) is 0 Å². The molecule has 1 aromatic rings. The summed E-state index contributed by atoms with van der Waals surface area (Å²) in [5, 5.41) is 9.12. The number of amides is 1. The molecule has 1 saturated heterocycles. The summed E-state index contributed by atoms with van der Waals surface area (Å²) < 4.78 is 5.36. The number of nitrogens with zero attached hydrogens (tertiary/aromatic N) is 1. The van der Waals surface area contributed by atoms with E-state index in [-0.39, 0.29) is 18.6 Å². The fourth-order valence-electron chi connectivity index (χ4n) is 2.29. The Bertz CT molecular complexity index is 436. The number of aliphatic hydroxyl groups is 1. The van der Waals surface area contributed by atoms with Crippen LogP contribution in [0.4, 0.5) is 0 Å². The van der Waals surface area contributed by atoms with E-state index in [9.17, 15) is 4.79 Å². The van der Waals surface area contributed by atoms with E-state index in [2.05, 4.69) is 0 Å². The van der Waals surface area contributed by atoms with Crippen molar-refractivity contribution >= 4 is 5.91 Å². The van der Waals surface area contributed by atoms with Crippen molar-refractivity contribution < 1.29 is 14.6 Å². The van der Waals surface area contributed by atoms with Crippen molar-refractivity contribution in [3.63, 3.8) is 0 Å². The monoisotopic (exact) mass is 264 g/mol. The third-order valence-electron chi connectivity index (χ3n) is 3.29. The molecular formula is C14H20N2O3. The average Bonchev–Trinajstić information content (AvgIpc) is 2.47. The molecular weight excluding hydrogens is 244 g/mol. The molecule has 1 aromatic carbocycles. The van der Waals surface area contributed by atoms with Gasteiger partial charge in [0, 0.05) is 18.7 Å². The number of nitrogens with two attached hydrogens (primary N) is 1. The second-order valence-corrected chi connectivity index (χ2v) is 4.62. The summed E-state index contributed by atoms with van der Waals surface area (Å²) in [6.45, 7) is 1.93. The van der Waals surface area contributed by atoms with Crippen LogP contribution in [0, 0.1) is 0 Å². The van der Waals surface area contributed by atoms with Gasteiger partial charge in [-0.15, -0.1) is 0 Å². The van der Waals surface area contributed by atoms with Crippen LogP contribution in [0.5, 0.6) is 0 Å². The van der Waals surface area contributed by atoms with Crippen molar-refractivity contribution in [2.45, 2.75) is 12.5 Å². The molecule has 1 aliphatic heterocycles. The Morgan fingerprint density at radius 3 is 3.00 bits per heavy atom. The van der Waals surface area contributed by atoms with Crippen molar-refractivity contribution in [3.8, 4) is 0 Å². The SMILES string of the molecule is NCCc1ccccc1C(=O)N1CCOC(CO)C1. The molecule has 0 spiro atoms. The number of rotatable bonds is 4. The van der Waals surface area contributed by atoms with E-state index in [1.165, 1.54) is 0 Å².